The number of pyridine rings is 2. The van der Waals surface area contributed by atoms with Crippen LogP contribution in [-0.4, -0.2) is 33.3 Å². The number of rotatable bonds is 7. The summed E-state index contributed by atoms with van der Waals surface area (Å²) < 4.78 is 5.59. The normalized spacial score (nSPS) is 9.46. The van der Waals surface area contributed by atoms with Crippen molar-refractivity contribution in [1.29, 1.82) is 5.26 Å². The number of aryl methyl sites for hydroxylation is 2. The molecule has 0 radical (unpaired) electrons. The summed E-state index contributed by atoms with van der Waals surface area (Å²) in [5.74, 6) is 2.49. The molecule has 0 unspecified atom stereocenters. The zero-order valence-electron chi connectivity index (χ0n) is 15.4. The van der Waals surface area contributed by atoms with Crippen molar-refractivity contribution >= 4 is 42.3 Å². The fourth-order valence-corrected chi connectivity index (χ4v) is 2.39. The van der Waals surface area contributed by atoms with E-state index in [1.165, 1.54) is 0 Å². The minimum atomic E-state index is 0. The average Bonchev–Trinajstić information content (AvgIpc) is 3.04. The maximum atomic E-state index is 9.41. The molecule has 10 heteroatoms. The van der Waals surface area contributed by atoms with Crippen LogP contribution in [0.5, 0.6) is 5.75 Å². The molecule has 28 heavy (non-hydrogen) atoms. The van der Waals surface area contributed by atoms with Crippen molar-refractivity contribution in [2.45, 2.75) is 13.8 Å². The maximum Gasteiger partial charge on any atom is 0.153 e. The molecule has 3 heterocycles. The van der Waals surface area contributed by atoms with Crippen molar-refractivity contribution in [2.75, 3.05) is 23.8 Å². The summed E-state index contributed by atoms with van der Waals surface area (Å²) in [6, 6.07) is 9.54. The van der Waals surface area contributed by atoms with Gasteiger partial charge in [0.2, 0.25) is 0 Å². The van der Waals surface area contributed by atoms with Gasteiger partial charge in [0.15, 0.2) is 5.82 Å². The van der Waals surface area contributed by atoms with Crippen molar-refractivity contribution in [3.8, 4) is 11.8 Å². The summed E-state index contributed by atoms with van der Waals surface area (Å²) in [6.45, 7) is 4.72. The first-order valence-electron chi connectivity index (χ1n) is 8.13. The van der Waals surface area contributed by atoms with E-state index in [0.29, 0.717) is 41.9 Å². The first kappa shape index (κ1) is 23.0. The summed E-state index contributed by atoms with van der Waals surface area (Å²) in [4.78, 5) is 8.48. The fraction of sp³-hybridized carbons (Fsp3) is 0.222. The van der Waals surface area contributed by atoms with E-state index in [0.717, 1.165) is 11.3 Å². The van der Waals surface area contributed by atoms with E-state index >= 15 is 0 Å². The van der Waals surface area contributed by atoms with Gasteiger partial charge in [-0.05, 0) is 37.6 Å². The van der Waals surface area contributed by atoms with E-state index in [4.69, 9.17) is 4.74 Å². The molecule has 3 aromatic heterocycles. The van der Waals surface area contributed by atoms with Crippen molar-refractivity contribution in [3.05, 3.63) is 53.5 Å². The lowest BCUT2D eigenvalue weighted by Crippen LogP contribution is -2.14. The number of H-pyrrole nitrogens is 1. The number of anilines is 3. The van der Waals surface area contributed by atoms with Crippen molar-refractivity contribution in [3.63, 3.8) is 0 Å². The lowest BCUT2D eigenvalue weighted by molar-refractivity contribution is 0.331. The standard InChI is InChI=1S/C18H19N7O.2ClH/c1-12-8-16(22-17-9-13(2)24-25-17)23-18(15(12)10-19)21-6-7-26-14-4-3-5-20-11-14;;/h3-5,8-9,11H,6-7H2,1-2H3,(H3,21,22,23,24,25);2*1H. The van der Waals surface area contributed by atoms with Gasteiger partial charge in [0.25, 0.3) is 0 Å². The van der Waals surface area contributed by atoms with Crippen LogP contribution in [0, 0.1) is 25.2 Å². The Bertz CT molecular complexity index is 925. The number of nitriles is 1. The highest BCUT2D eigenvalue weighted by Gasteiger charge is 2.11. The zero-order valence-corrected chi connectivity index (χ0v) is 17.0. The van der Waals surface area contributed by atoms with Gasteiger partial charge in [-0.25, -0.2) is 4.98 Å². The molecule has 0 aromatic carbocycles. The van der Waals surface area contributed by atoms with Crippen LogP contribution in [0.1, 0.15) is 16.8 Å². The van der Waals surface area contributed by atoms with Crippen LogP contribution >= 0.6 is 24.8 Å². The Labute approximate surface area is 175 Å². The Balaban J connectivity index is 0.00000196. The second-order valence-electron chi connectivity index (χ2n) is 5.68. The number of aromatic nitrogens is 4. The third-order valence-corrected chi connectivity index (χ3v) is 3.59. The Morgan fingerprint density at radius 2 is 2.04 bits per heavy atom. The Morgan fingerprint density at radius 1 is 1.21 bits per heavy atom. The van der Waals surface area contributed by atoms with Crippen LogP contribution in [0.4, 0.5) is 17.5 Å². The molecule has 0 atom stereocenters. The smallest absolute Gasteiger partial charge is 0.153 e. The molecule has 0 spiro atoms. The van der Waals surface area contributed by atoms with E-state index in [1.807, 2.05) is 38.1 Å². The van der Waals surface area contributed by atoms with Crippen LogP contribution < -0.4 is 15.4 Å². The highest BCUT2D eigenvalue weighted by atomic mass is 35.5. The van der Waals surface area contributed by atoms with Crippen LogP contribution in [0.15, 0.2) is 36.7 Å². The molecule has 0 aliphatic heterocycles. The molecule has 0 saturated heterocycles. The fourth-order valence-electron chi connectivity index (χ4n) is 2.39. The summed E-state index contributed by atoms with van der Waals surface area (Å²) in [5.41, 5.74) is 2.28. The van der Waals surface area contributed by atoms with Gasteiger partial charge < -0.3 is 15.4 Å². The molecule has 0 fully saturated rings. The Hall–Kier alpha value is -3.02. The molecule has 0 saturated carbocycles. The van der Waals surface area contributed by atoms with Crippen molar-refractivity contribution < 1.29 is 4.74 Å². The number of aromatic amines is 1. The van der Waals surface area contributed by atoms with Crippen LogP contribution in [0.2, 0.25) is 0 Å². The summed E-state index contributed by atoms with van der Waals surface area (Å²) in [5, 5.41) is 22.7. The quantitative estimate of drug-likeness (QED) is 0.497. The molecule has 0 amide bonds. The number of hydrogen-bond acceptors (Lipinski definition) is 7. The SMILES string of the molecule is Cc1cc(Nc2cc(C)c(C#N)c(NCCOc3cccnc3)n2)n[nH]1.Cl.Cl. The topological polar surface area (TPSA) is 112 Å². The number of hydrogen-bond donors (Lipinski definition) is 3. The molecule has 148 valence electrons. The summed E-state index contributed by atoms with van der Waals surface area (Å²) in [6.07, 6.45) is 3.34. The van der Waals surface area contributed by atoms with Gasteiger partial charge in [-0.3, -0.25) is 10.1 Å². The molecular weight excluding hydrogens is 401 g/mol. The lowest BCUT2D eigenvalue weighted by Gasteiger charge is -2.12. The van der Waals surface area contributed by atoms with Crippen molar-refractivity contribution in [2.24, 2.45) is 0 Å². The Morgan fingerprint density at radius 3 is 2.68 bits per heavy atom. The molecule has 0 bridgehead atoms. The second-order valence-corrected chi connectivity index (χ2v) is 5.68. The van der Waals surface area contributed by atoms with Gasteiger partial charge in [-0.15, -0.1) is 24.8 Å². The monoisotopic (exact) mass is 421 g/mol. The maximum absolute atomic E-state index is 9.41. The average molecular weight is 422 g/mol. The third kappa shape index (κ3) is 6.01. The minimum Gasteiger partial charge on any atom is -0.490 e. The first-order chi connectivity index (χ1) is 12.7. The molecule has 3 N–H and O–H groups in total. The predicted octanol–water partition coefficient (Wildman–Crippen LogP) is 3.77. The first-order valence-corrected chi connectivity index (χ1v) is 8.13. The molecule has 0 aliphatic carbocycles. The van der Waals surface area contributed by atoms with Crippen molar-refractivity contribution in [1.82, 2.24) is 20.2 Å². The van der Waals surface area contributed by atoms with Gasteiger partial charge >= 0.3 is 0 Å². The van der Waals surface area contributed by atoms with Crippen LogP contribution in [0.3, 0.4) is 0 Å². The largest absolute Gasteiger partial charge is 0.490 e. The Kier molecular flexibility index (Phi) is 9.02. The van der Waals surface area contributed by atoms with Crippen LogP contribution in [-0.2, 0) is 0 Å². The number of nitrogens with one attached hydrogen (secondary N) is 3. The predicted molar refractivity (Wildman–Crippen MR) is 113 cm³/mol. The van der Waals surface area contributed by atoms with E-state index in [1.54, 1.807) is 12.4 Å². The van der Waals surface area contributed by atoms with Gasteiger partial charge in [0, 0.05) is 18.0 Å². The van der Waals surface area contributed by atoms with Gasteiger partial charge in [0.05, 0.1) is 18.3 Å². The minimum absolute atomic E-state index is 0. The zero-order chi connectivity index (χ0) is 18.4. The summed E-state index contributed by atoms with van der Waals surface area (Å²) in [7, 11) is 0. The highest BCUT2D eigenvalue weighted by molar-refractivity contribution is 5.85. The molecule has 8 nitrogen and oxygen atoms in total. The van der Waals surface area contributed by atoms with Gasteiger partial charge in [0.1, 0.15) is 30.1 Å². The van der Waals surface area contributed by atoms with Gasteiger partial charge in [-0.2, -0.15) is 10.4 Å². The number of ether oxygens (including phenoxy) is 1. The number of halogens is 2. The van der Waals surface area contributed by atoms with E-state index in [-0.39, 0.29) is 24.8 Å². The van der Waals surface area contributed by atoms with Gasteiger partial charge in [-0.1, -0.05) is 0 Å². The summed E-state index contributed by atoms with van der Waals surface area (Å²) >= 11 is 0. The van der Waals surface area contributed by atoms with Crippen LogP contribution in [0.25, 0.3) is 0 Å². The van der Waals surface area contributed by atoms with E-state index < -0.39 is 0 Å². The lowest BCUT2D eigenvalue weighted by atomic mass is 10.1. The van der Waals surface area contributed by atoms with E-state index in [9.17, 15) is 5.26 Å². The number of nitrogens with zero attached hydrogens (tertiary/aromatic N) is 4. The highest BCUT2D eigenvalue weighted by Crippen LogP contribution is 2.22. The second kappa shape index (κ2) is 11.0. The van der Waals surface area contributed by atoms with E-state index in [2.05, 4.69) is 36.9 Å². The molecular formula is C18H21Cl2N7O. The molecule has 3 rings (SSSR count). The molecule has 0 aliphatic rings. The third-order valence-electron chi connectivity index (χ3n) is 3.59. The molecule has 3 aromatic rings.